The second-order valence-electron chi connectivity index (χ2n) is 8.73. The summed E-state index contributed by atoms with van der Waals surface area (Å²) in [6.45, 7) is 12.7. The van der Waals surface area contributed by atoms with Crippen molar-refractivity contribution >= 4 is 23.4 Å². The number of oxime groups is 2. The van der Waals surface area contributed by atoms with Gasteiger partial charge >= 0.3 is 11.9 Å². The monoisotopic (exact) mass is 427 g/mol. The minimum absolute atomic E-state index is 0.00909. The molecule has 1 atom stereocenters. The summed E-state index contributed by atoms with van der Waals surface area (Å²) in [7, 11) is 0. The first-order valence-electron chi connectivity index (χ1n) is 10.3. The third-order valence-electron chi connectivity index (χ3n) is 5.45. The minimum atomic E-state index is -0.596. The number of nitrogens with two attached hydrogens (primary N) is 1. The molecule has 1 heterocycles. The van der Waals surface area contributed by atoms with Crippen molar-refractivity contribution in [2.75, 3.05) is 13.1 Å². The molecule has 0 spiro atoms. The van der Waals surface area contributed by atoms with E-state index in [1.165, 1.54) is 0 Å². The maximum Gasteiger partial charge on any atom is 0.317 e. The van der Waals surface area contributed by atoms with Crippen molar-refractivity contribution in [2.24, 2.45) is 16.0 Å². The lowest BCUT2D eigenvalue weighted by Crippen LogP contribution is -2.53. The maximum absolute atomic E-state index is 11.3. The van der Waals surface area contributed by atoms with E-state index in [2.05, 4.69) is 25.7 Å². The van der Waals surface area contributed by atoms with E-state index in [9.17, 15) is 9.59 Å². The largest absolute Gasteiger partial charge is 0.411 e. The Morgan fingerprint density at radius 1 is 1.17 bits per heavy atom. The molecule has 0 bridgehead atoms. The summed E-state index contributed by atoms with van der Waals surface area (Å²) in [5.74, 6) is -1.19. The predicted molar refractivity (Wildman–Crippen MR) is 115 cm³/mol. The molecule has 0 radical (unpaired) electrons. The average molecular weight is 428 g/mol. The van der Waals surface area contributed by atoms with Gasteiger partial charge in [-0.3, -0.25) is 9.59 Å². The van der Waals surface area contributed by atoms with Gasteiger partial charge in [-0.2, -0.15) is 0 Å². The lowest BCUT2D eigenvalue weighted by atomic mass is 9.95. The van der Waals surface area contributed by atoms with E-state index in [-0.39, 0.29) is 18.9 Å². The molecule has 1 rings (SSSR count). The van der Waals surface area contributed by atoms with Crippen molar-refractivity contribution in [3.8, 4) is 0 Å². The molecule has 0 saturated carbocycles. The third-order valence-corrected chi connectivity index (χ3v) is 5.45. The van der Waals surface area contributed by atoms with Gasteiger partial charge < -0.3 is 31.1 Å². The van der Waals surface area contributed by atoms with Crippen LogP contribution in [0.3, 0.4) is 0 Å². The van der Waals surface area contributed by atoms with E-state index < -0.39 is 29.1 Å². The van der Waals surface area contributed by atoms with Gasteiger partial charge in [-0.15, -0.1) is 0 Å². The highest BCUT2D eigenvalue weighted by Gasteiger charge is 2.30. The number of carbonyl (C=O) groups excluding carboxylic acids is 2. The molecule has 0 amide bonds. The molecular weight excluding hydrogens is 390 g/mol. The van der Waals surface area contributed by atoms with Gasteiger partial charge in [-0.1, -0.05) is 10.3 Å². The second kappa shape index (κ2) is 11.4. The van der Waals surface area contributed by atoms with Crippen molar-refractivity contribution in [1.29, 1.82) is 0 Å². The van der Waals surface area contributed by atoms with Gasteiger partial charge in [0.25, 0.3) is 0 Å². The molecule has 172 valence electrons. The van der Waals surface area contributed by atoms with Crippen LogP contribution in [0.4, 0.5) is 0 Å². The fraction of sp³-hybridized carbons (Fsp3) is 0.800. The molecule has 1 fully saturated rings. The lowest BCUT2D eigenvalue weighted by molar-refractivity contribution is -0.169. The van der Waals surface area contributed by atoms with E-state index in [1.54, 1.807) is 6.92 Å². The number of hydrogen-bond acceptors (Lipinski definition) is 10. The molecule has 0 aromatic heterocycles. The van der Waals surface area contributed by atoms with Gasteiger partial charge in [-0.25, -0.2) is 0 Å². The van der Waals surface area contributed by atoms with Crippen molar-refractivity contribution in [3.63, 3.8) is 0 Å². The first-order chi connectivity index (χ1) is 13.9. The molecule has 1 aliphatic heterocycles. The highest BCUT2D eigenvalue weighted by atomic mass is 16.6. The standard InChI is InChI=1S/C20H37N5O5/c1-13(24-28)20(5,6)23-15(7-9-21)8-10-22-19(3,4)14(2)25-30-16-11-17(26)29-18(27)12-16/h15-16,22-23,28H,7-12,21H2,1-6H3/b24-13-,25-14-. The van der Waals surface area contributed by atoms with Gasteiger partial charge in [0, 0.05) is 6.04 Å². The number of esters is 2. The summed E-state index contributed by atoms with van der Waals surface area (Å²) < 4.78 is 4.49. The topological polar surface area (TPSA) is 148 Å². The molecule has 1 unspecified atom stereocenters. The van der Waals surface area contributed by atoms with E-state index in [0.29, 0.717) is 24.5 Å². The Bertz CT molecular complexity index is 644. The van der Waals surface area contributed by atoms with Crippen LogP contribution in [-0.2, 0) is 19.2 Å². The Morgan fingerprint density at radius 2 is 1.77 bits per heavy atom. The van der Waals surface area contributed by atoms with Crippen LogP contribution in [0.2, 0.25) is 0 Å². The van der Waals surface area contributed by atoms with Crippen LogP contribution < -0.4 is 16.4 Å². The minimum Gasteiger partial charge on any atom is -0.411 e. The van der Waals surface area contributed by atoms with Crippen LogP contribution in [0.15, 0.2) is 10.3 Å². The molecule has 0 aromatic carbocycles. The molecule has 1 saturated heterocycles. The van der Waals surface area contributed by atoms with E-state index in [4.69, 9.17) is 15.8 Å². The zero-order valence-corrected chi connectivity index (χ0v) is 18.9. The zero-order valence-electron chi connectivity index (χ0n) is 18.9. The summed E-state index contributed by atoms with van der Waals surface area (Å²) in [6.07, 6.45) is 1.01. The molecular formula is C20H37N5O5. The fourth-order valence-electron chi connectivity index (χ4n) is 2.91. The summed E-state index contributed by atoms with van der Waals surface area (Å²) in [4.78, 5) is 28.1. The smallest absolute Gasteiger partial charge is 0.317 e. The van der Waals surface area contributed by atoms with Crippen molar-refractivity contribution < 1.29 is 24.4 Å². The fourth-order valence-corrected chi connectivity index (χ4v) is 2.91. The average Bonchev–Trinajstić information content (AvgIpc) is 2.64. The van der Waals surface area contributed by atoms with Crippen molar-refractivity contribution in [1.82, 2.24) is 10.6 Å². The first kappa shape index (κ1) is 26.0. The number of ether oxygens (including phenoxy) is 1. The Labute approximate surface area is 178 Å². The highest BCUT2D eigenvalue weighted by molar-refractivity contribution is 5.91. The normalized spacial score (nSPS) is 18.4. The SMILES string of the molecule is C/C(=N/OC1CC(=O)OC(=O)C1)C(C)(C)NCCC(CCN)NC(C)(C)/C(C)=N\O. The van der Waals surface area contributed by atoms with Crippen LogP contribution in [0.25, 0.3) is 0 Å². The number of nitrogens with zero attached hydrogens (tertiary/aromatic N) is 2. The van der Waals surface area contributed by atoms with Gasteiger partial charge in [0.2, 0.25) is 0 Å². The molecule has 0 aliphatic carbocycles. The lowest BCUT2D eigenvalue weighted by Gasteiger charge is -2.33. The first-order valence-corrected chi connectivity index (χ1v) is 10.3. The van der Waals surface area contributed by atoms with Gasteiger partial charge in [0.05, 0.1) is 35.3 Å². The molecule has 30 heavy (non-hydrogen) atoms. The number of cyclic esters (lactones) is 2. The highest BCUT2D eigenvalue weighted by Crippen LogP contribution is 2.15. The Kier molecular flexibility index (Phi) is 9.86. The second-order valence-corrected chi connectivity index (χ2v) is 8.73. The predicted octanol–water partition coefficient (Wildman–Crippen LogP) is 1.31. The van der Waals surface area contributed by atoms with Gasteiger partial charge in [0.15, 0.2) is 0 Å². The summed E-state index contributed by atoms with van der Waals surface area (Å²) in [6, 6.07) is 0.137. The van der Waals surface area contributed by atoms with E-state index in [0.717, 1.165) is 12.8 Å². The van der Waals surface area contributed by atoms with Crippen LogP contribution in [0.5, 0.6) is 0 Å². The summed E-state index contributed by atoms with van der Waals surface area (Å²) in [5.41, 5.74) is 6.15. The Morgan fingerprint density at radius 3 is 2.30 bits per heavy atom. The number of nitrogens with one attached hydrogen (secondary N) is 2. The Hall–Kier alpha value is -2.04. The number of rotatable bonds is 12. The molecule has 10 heteroatoms. The third kappa shape index (κ3) is 8.37. The van der Waals surface area contributed by atoms with Crippen LogP contribution in [0, 0.1) is 0 Å². The van der Waals surface area contributed by atoms with E-state index >= 15 is 0 Å². The van der Waals surface area contributed by atoms with E-state index in [1.807, 2.05) is 34.6 Å². The summed E-state index contributed by atoms with van der Waals surface area (Å²) >= 11 is 0. The summed E-state index contributed by atoms with van der Waals surface area (Å²) in [5, 5.41) is 23.5. The van der Waals surface area contributed by atoms with Crippen molar-refractivity contribution in [3.05, 3.63) is 0 Å². The van der Waals surface area contributed by atoms with Gasteiger partial charge in [0.1, 0.15) is 6.10 Å². The number of hydrogen-bond donors (Lipinski definition) is 4. The Balaban J connectivity index is 2.60. The molecule has 10 nitrogen and oxygen atoms in total. The number of carbonyl (C=O) groups is 2. The van der Waals surface area contributed by atoms with Crippen LogP contribution >= 0.6 is 0 Å². The van der Waals surface area contributed by atoms with Crippen LogP contribution in [0.1, 0.15) is 67.2 Å². The molecule has 5 N–H and O–H groups in total. The van der Waals surface area contributed by atoms with Gasteiger partial charge in [-0.05, 0) is 67.5 Å². The molecule has 1 aliphatic rings. The zero-order chi connectivity index (χ0) is 22.9. The maximum atomic E-state index is 11.3. The van der Waals surface area contributed by atoms with Crippen LogP contribution in [-0.4, -0.2) is 64.9 Å². The quantitative estimate of drug-likeness (QED) is 0.120. The molecule has 0 aromatic rings. The van der Waals surface area contributed by atoms with Crippen molar-refractivity contribution in [2.45, 2.75) is 90.4 Å².